The van der Waals surface area contributed by atoms with Gasteiger partial charge in [-0.2, -0.15) is 26.3 Å². The van der Waals surface area contributed by atoms with Crippen molar-refractivity contribution in [2.24, 2.45) is 5.92 Å². The Labute approximate surface area is 145 Å². The first kappa shape index (κ1) is 21.4. The van der Waals surface area contributed by atoms with Gasteiger partial charge in [0.15, 0.2) is 0 Å². The van der Waals surface area contributed by atoms with E-state index in [1.54, 1.807) is 0 Å². The van der Waals surface area contributed by atoms with E-state index in [0.717, 1.165) is 11.8 Å². The van der Waals surface area contributed by atoms with Crippen LogP contribution in [-0.2, 0) is 22.9 Å². The van der Waals surface area contributed by atoms with Gasteiger partial charge >= 0.3 is 12.4 Å². The Morgan fingerprint density at radius 2 is 1.60 bits per heavy atom. The van der Waals surface area contributed by atoms with Crippen LogP contribution in [0.3, 0.4) is 0 Å². The Bertz CT molecular complexity index is 590. The number of hydrogen-bond acceptors (Lipinski definition) is 2. The van der Waals surface area contributed by atoms with Crippen LogP contribution in [0.25, 0.3) is 0 Å². The van der Waals surface area contributed by atoms with Gasteiger partial charge in [-0.05, 0) is 35.1 Å². The standard InChI is InChI=1S/C16H17F6NOS/c1-10(2)8-23-14(24)3-4-25-9-11-5-12(15(17,18)19)7-13(6-11)16(20,21)22/h3-7,10H,8-9H2,1-2H3,(H,23,24)/b4-3-. The Hall–Kier alpha value is -1.64. The van der Waals surface area contributed by atoms with E-state index in [1.165, 1.54) is 11.5 Å². The summed E-state index contributed by atoms with van der Waals surface area (Å²) in [5, 5.41) is 3.94. The summed E-state index contributed by atoms with van der Waals surface area (Å²) in [5.41, 5.74) is -2.83. The molecule has 1 rings (SSSR count). The monoisotopic (exact) mass is 385 g/mol. The van der Waals surface area contributed by atoms with Gasteiger partial charge in [0.25, 0.3) is 0 Å². The molecule has 25 heavy (non-hydrogen) atoms. The zero-order valence-electron chi connectivity index (χ0n) is 13.5. The van der Waals surface area contributed by atoms with Crippen LogP contribution in [-0.4, -0.2) is 12.5 Å². The maximum Gasteiger partial charge on any atom is 0.416 e. The average molecular weight is 385 g/mol. The zero-order valence-corrected chi connectivity index (χ0v) is 14.3. The fourth-order valence-electron chi connectivity index (χ4n) is 1.72. The second kappa shape index (κ2) is 8.64. The van der Waals surface area contributed by atoms with Crippen LogP contribution in [0.4, 0.5) is 26.3 Å². The van der Waals surface area contributed by atoms with Gasteiger partial charge in [0, 0.05) is 18.4 Å². The Kier molecular flexibility index (Phi) is 7.40. The van der Waals surface area contributed by atoms with Crippen molar-refractivity contribution >= 4 is 17.7 Å². The van der Waals surface area contributed by atoms with Crippen LogP contribution < -0.4 is 5.32 Å². The van der Waals surface area contributed by atoms with Gasteiger partial charge in [0.2, 0.25) is 5.91 Å². The lowest BCUT2D eigenvalue weighted by Gasteiger charge is -2.13. The number of carbonyl (C=O) groups is 1. The van der Waals surface area contributed by atoms with Gasteiger partial charge in [0.1, 0.15) is 0 Å². The minimum atomic E-state index is -4.87. The molecule has 1 N–H and O–H groups in total. The predicted molar refractivity (Wildman–Crippen MR) is 84.7 cm³/mol. The first-order valence-corrected chi connectivity index (χ1v) is 8.29. The summed E-state index contributed by atoms with van der Waals surface area (Å²) in [4.78, 5) is 11.4. The van der Waals surface area contributed by atoms with E-state index >= 15 is 0 Å². The second-order valence-corrected chi connectivity index (χ2v) is 6.56. The van der Waals surface area contributed by atoms with Crippen molar-refractivity contribution in [2.45, 2.75) is 32.0 Å². The molecule has 9 heteroatoms. The highest BCUT2D eigenvalue weighted by molar-refractivity contribution is 8.01. The molecular weight excluding hydrogens is 368 g/mol. The minimum Gasteiger partial charge on any atom is -0.352 e. The number of hydrogen-bond donors (Lipinski definition) is 1. The largest absolute Gasteiger partial charge is 0.416 e. The zero-order chi connectivity index (χ0) is 19.3. The van der Waals surface area contributed by atoms with Crippen LogP contribution >= 0.6 is 11.8 Å². The van der Waals surface area contributed by atoms with E-state index in [0.29, 0.717) is 18.7 Å². The fraction of sp³-hybridized carbons (Fsp3) is 0.438. The lowest BCUT2D eigenvalue weighted by Crippen LogP contribution is -2.25. The Balaban J connectivity index is 2.80. The third kappa shape index (κ3) is 7.85. The van der Waals surface area contributed by atoms with Crippen LogP contribution in [0, 0.1) is 5.92 Å². The maximum atomic E-state index is 12.7. The van der Waals surface area contributed by atoms with Crippen molar-refractivity contribution in [1.29, 1.82) is 0 Å². The quantitative estimate of drug-likeness (QED) is 0.536. The van der Waals surface area contributed by atoms with E-state index in [9.17, 15) is 31.1 Å². The number of carbonyl (C=O) groups excluding carboxylic acids is 1. The number of thioether (sulfide) groups is 1. The van der Waals surface area contributed by atoms with Crippen LogP contribution in [0.5, 0.6) is 0 Å². The highest BCUT2D eigenvalue weighted by Gasteiger charge is 2.36. The molecule has 1 aromatic rings. The Morgan fingerprint density at radius 1 is 1.08 bits per heavy atom. The molecule has 0 saturated carbocycles. The molecular formula is C16H17F6NOS. The van der Waals surface area contributed by atoms with Gasteiger partial charge in [-0.15, -0.1) is 11.8 Å². The molecule has 0 fully saturated rings. The van der Waals surface area contributed by atoms with Crippen molar-refractivity contribution in [3.63, 3.8) is 0 Å². The summed E-state index contributed by atoms with van der Waals surface area (Å²) in [5.74, 6) is -0.238. The van der Waals surface area contributed by atoms with E-state index in [4.69, 9.17) is 0 Å². The molecule has 1 amide bonds. The summed E-state index contributed by atoms with van der Waals surface area (Å²) in [6, 6.07) is 1.44. The van der Waals surface area contributed by atoms with Gasteiger partial charge in [-0.1, -0.05) is 13.8 Å². The molecule has 0 aromatic heterocycles. The Morgan fingerprint density at radius 3 is 2.04 bits per heavy atom. The molecule has 0 aliphatic carbocycles. The van der Waals surface area contributed by atoms with Crippen molar-refractivity contribution in [3.05, 3.63) is 46.4 Å². The third-order valence-corrected chi connectivity index (χ3v) is 3.73. The third-order valence-electron chi connectivity index (χ3n) is 2.90. The number of benzene rings is 1. The number of rotatable bonds is 6. The molecule has 0 spiro atoms. The minimum absolute atomic E-state index is 0.0867. The molecule has 1 aromatic carbocycles. The van der Waals surface area contributed by atoms with Crippen LogP contribution in [0.15, 0.2) is 29.7 Å². The van der Waals surface area contributed by atoms with E-state index in [-0.39, 0.29) is 29.2 Å². The smallest absolute Gasteiger partial charge is 0.352 e. The predicted octanol–water partition coefficient (Wildman–Crippen LogP) is 5.24. The highest BCUT2D eigenvalue weighted by Crippen LogP contribution is 2.36. The first-order chi connectivity index (χ1) is 11.4. The molecule has 0 heterocycles. The van der Waals surface area contributed by atoms with Crippen LogP contribution in [0.2, 0.25) is 0 Å². The summed E-state index contributed by atoms with van der Waals surface area (Å²) < 4.78 is 76.4. The van der Waals surface area contributed by atoms with Crippen molar-refractivity contribution < 1.29 is 31.1 Å². The lowest BCUT2D eigenvalue weighted by atomic mass is 10.1. The number of amides is 1. The maximum absolute atomic E-state index is 12.7. The number of alkyl halides is 6. The molecule has 0 radical (unpaired) electrons. The normalized spacial score (nSPS) is 12.8. The average Bonchev–Trinajstić information content (AvgIpc) is 2.47. The van der Waals surface area contributed by atoms with Gasteiger partial charge in [-0.25, -0.2) is 0 Å². The van der Waals surface area contributed by atoms with Gasteiger partial charge in [0.05, 0.1) is 11.1 Å². The first-order valence-electron chi connectivity index (χ1n) is 7.24. The van der Waals surface area contributed by atoms with Crippen molar-refractivity contribution in [1.82, 2.24) is 5.32 Å². The number of halogens is 6. The molecule has 0 aliphatic rings. The second-order valence-electron chi connectivity index (χ2n) is 5.67. The lowest BCUT2D eigenvalue weighted by molar-refractivity contribution is -0.143. The van der Waals surface area contributed by atoms with Gasteiger partial charge in [-0.3, -0.25) is 4.79 Å². The topological polar surface area (TPSA) is 29.1 Å². The molecule has 0 unspecified atom stereocenters. The van der Waals surface area contributed by atoms with E-state index in [1.807, 2.05) is 13.8 Å². The number of nitrogens with one attached hydrogen (secondary N) is 1. The SMILES string of the molecule is CC(C)CNC(=O)/C=C\SCc1cc(C(F)(F)F)cc(C(F)(F)F)c1. The van der Waals surface area contributed by atoms with E-state index in [2.05, 4.69) is 5.32 Å². The highest BCUT2D eigenvalue weighted by atomic mass is 32.2. The molecule has 0 saturated heterocycles. The van der Waals surface area contributed by atoms with Crippen molar-refractivity contribution in [3.8, 4) is 0 Å². The van der Waals surface area contributed by atoms with Gasteiger partial charge < -0.3 is 5.32 Å². The summed E-state index contributed by atoms with van der Waals surface area (Å²) in [6.45, 7) is 4.28. The van der Waals surface area contributed by atoms with E-state index < -0.39 is 23.5 Å². The summed E-state index contributed by atoms with van der Waals surface area (Å²) in [7, 11) is 0. The van der Waals surface area contributed by atoms with Crippen LogP contribution in [0.1, 0.15) is 30.5 Å². The van der Waals surface area contributed by atoms with Crippen molar-refractivity contribution in [2.75, 3.05) is 6.54 Å². The fourth-order valence-corrected chi connectivity index (χ4v) is 2.40. The molecule has 0 aliphatic heterocycles. The molecule has 140 valence electrons. The summed E-state index contributed by atoms with van der Waals surface area (Å²) in [6.07, 6.45) is -8.55. The molecule has 0 atom stereocenters. The molecule has 0 bridgehead atoms. The summed E-state index contributed by atoms with van der Waals surface area (Å²) >= 11 is 0.932. The molecule has 2 nitrogen and oxygen atoms in total.